The normalized spacial score (nSPS) is 14.3. The number of rotatable bonds is 4. The van der Waals surface area contributed by atoms with Crippen molar-refractivity contribution in [2.75, 3.05) is 13.7 Å². The van der Waals surface area contributed by atoms with Crippen LogP contribution < -0.4 is 4.74 Å². The number of hydrogen-bond donors (Lipinski definition) is 0. The van der Waals surface area contributed by atoms with E-state index in [1.165, 1.54) is 11.3 Å². The van der Waals surface area contributed by atoms with Gasteiger partial charge in [0.25, 0.3) is 0 Å². The van der Waals surface area contributed by atoms with Crippen LogP contribution in [0.4, 0.5) is 0 Å². The lowest BCUT2D eigenvalue weighted by Gasteiger charge is -2.27. The van der Waals surface area contributed by atoms with Gasteiger partial charge >= 0.3 is 0 Å². The van der Waals surface area contributed by atoms with Crippen molar-refractivity contribution in [2.45, 2.75) is 26.4 Å². The Morgan fingerprint density at radius 3 is 2.84 bits per heavy atom. The number of nitrogens with zero attached hydrogens (tertiary/aromatic N) is 4. The number of benzene rings is 1. The van der Waals surface area contributed by atoms with Crippen LogP contribution in [0.25, 0.3) is 11.3 Å². The SMILES string of the molecule is COc1ccc(-c2csc(CN3CCc4nc(C)ncc4C3)n2)cc1. The zero-order valence-electron chi connectivity index (χ0n) is 14.4. The molecule has 3 heterocycles. The minimum Gasteiger partial charge on any atom is -0.497 e. The average Bonchev–Trinajstić information content (AvgIpc) is 3.10. The van der Waals surface area contributed by atoms with Gasteiger partial charge in [0.2, 0.25) is 0 Å². The first-order valence-electron chi connectivity index (χ1n) is 8.34. The molecule has 0 saturated carbocycles. The molecule has 0 fully saturated rings. The summed E-state index contributed by atoms with van der Waals surface area (Å²) < 4.78 is 5.21. The molecule has 128 valence electrons. The van der Waals surface area contributed by atoms with Crippen LogP contribution in [0, 0.1) is 6.92 Å². The molecule has 3 aromatic rings. The Morgan fingerprint density at radius 1 is 1.20 bits per heavy atom. The average molecular weight is 352 g/mol. The summed E-state index contributed by atoms with van der Waals surface area (Å²) in [5, 5.41) is 3.27. The Bertz CT molecular complexity index is 875. The summed E-state index contributed by atoms with van der Waals surface area (Å²) in [5.41, 5.74) is 4.58. The molecular weight excluding hydrogens is 332 g/mol. The minimum absolute atomic E-state index is 0.858. The summed E-state index contributed by atoms with van der Waals surface area (Å²) in [5.74, 6) is 1.72. The molecule has 1 aromatic carbocycles. The highest BCUT2D eigenvalue weighted by Crippen LogP contribution is 2.26. The highest BCUT2D eigenvalue weighted by Gasteiger charge is 2.19. The highest BCUT2D eigenvalue weighted by atomic mass is 32.1. The van der Waals surface area contributed by atoms with E-state index in [0.29, 0.717) is 0 Å². The molecule has 0 amide bonds. The molecule has 1 aliphatic heterocycles. The lowest BCUT2D eigenvalue weighted by atomic mass is 10.1. The predicted molar refractivity (Wildman–Crippen MR) is 98.7 cm³/mol. The van der Waals surface area contributed by atoms with E-state index in [1.54, 1.807) is 18.4 Å². The van der Waals surface area contributed by atoms with Crippen LogP contribution in [0.2, 0.25) is 0 Å². The van der Waals surface area contributed by atoms with Gasteiger partial charge in [-0.2, -0.15) is 0 Å². The molecular formula is C19H20N4OS. The van der Waals surface area contributed by atoms with Crippen molar-refractivity contribution < 1.29 is 4.74 Å². The monoisotopic (exact) mass is 352 g/mol. The first kappa shape index (κ1) is 16.2. The van der Waals surface area contributed by atoms with E-state index in [2.05, 4.69) is 32.4 Å². The zero-order valence-corrected chi connectivity index (χ0v) is 15.2. The molecule has 0 spiro atoms. The van der Waals surface area contributed by atoms with Crippen molar-refractivity contribution in [1.29, 1.82) is 0 Å². The number of ether oxygens (including phenoxy) is 1. The smallest absolute Gasteiger partial charge is 0.125 e. The predicted octanol–water partition coefficient (Wildman–Crippen LogP) is 3.48. The second-order valence-electron chi connectivity index (χ2n) is 6.20. The third-order valence-corrected chi connectivity index (χ3v) is 5.26. The van der Waals surface area contributed by atoms with Crippen molar-refractivity contribution in [1.82, 2.24) is 19.9 Å². The fraction of sp³-hybridized carbons (Fsp3) is 0.316. The van der Waals surface area contributed by atoms with Gasteiger partial charge in [0.1, 0.15) is 16.6 Å². The molecule has 0 aliphatic carbocycles. The second-order valence-corrected chi connectivity index (χ2v) is 7.15. The van der Waals surface area contributed by atoms with Crippen LogP contribution in [0.3, 0.4) is 0 Å². The number of methoxy groups -OCH3 is 1. The fourth-order valence-electron chi connectivity index (χ4n) is 3.08. The quantitative estimate of drug-likeness (QED) is 0.719. The summed E-state index contributed by atoms with van der Waals surface area (Å²) in [6, 6.07) is 8.04. The maximum Gasteiger partial charge on any atom is 0.125 e. The number of hydrogen-bond acceptors (Lipinski definition) is 6. The van der Waals surface area contributed by atoms with E-state index >= 15 is 0 Å². The van der Waals surface area contributed by atoms with E-state index < -0.39 is 0 Å². The lowest BCUT2D eigenvalue weighted by Crippen LogP contribution is -2.31. The van der Waals surface area contributed by atoms with Crippen LogP contribution in [0.5, 0.6) is 5.75 Å². The molecule has 0 radical (unpaired) electrons. The molecule has 25 heavy (non-hydrogen) atoms. The first-order chi connectivity index (χ1) is 12.2. The number of aromatic nitrogens is 3. The molecule has 6 heteroatoms. The summed E-state index contributed by atoms with van der Waals surface area (Å²) in [6.45, 7) is 4.73. The van der Waals surface area contributed by atoms with Crippen LogP contribution in [-0.4, -0.2) is 33.5 Å². The van der Waals surface area contributed by atoms with E-state index in [-0.39, 0.29) is 0 Å². The number of aryl methyl sites for hydroxylation is 1. The maximum atomic E-state index is 5.21. The highest BCUT2D eigenvalue weighted by molar-refractivity contribution is 7.09. The summed E-state index contributed by atoms with van der Waals surface area (Å²) in [4.78, 5) is 16.1. The van der Waals surface area contributed by atoms with Gasteiger partial charge in [-0.1, -0.05) is 0 Å². The zero-order chi connectivity index (χ0) is 17.2. The van der Waals surface area contributed by atoms with Crippen molar-refractivity contribution in [3.63, 3.8) is 0 Å². The van der Waals surface area contributed by atoms with Gasteiger partial charge in [-0.15, -0.1) is 11.3 Å². The van der Waals surface area contributed by atoms with Gasteiger partial charge in [0.15, 0.2) is 0 Å². The topological polar surface area (TPSA) is 51.1 Å². The second kappa shape index (κ2) is 6.90. The Kier molecular flexibility index (Phi) is 4.46. The van der Waals surface area contributed by atoms with Crippen molar-refractivity contribution >= 4 is 11.3 Å². The number of thiazole rings is 1. The first-order valence-corrected chi connectivity index (χ1v) is 9.22. The van der Waals surface area contributed by atoms with Gasteiger partial charge in [-0.05, 0) is 31.2 Å². The number of fused-ring (bicyclic) bond motifs is 1. The van der Waals surface area contributed by atoms with Gasteiger partial charge in [0.05, 0.1) is 19.3 Å². The molecule has 1 aliphatic rings. The Morgan fingerprint density at radius 2 is 2.04 bits per heavy atom. The largest absolute Gasteiger partial charge is 0.497 e. The fourth-order valence-corrected chi connectivity index (χ4v) is 3.92. The third kappa shape index (κ3) is 3.55. The molecule has 0 atom stereocenters. The summed E-state index contributed by atoms with van der Waals surface area (Å²) >= 11 is 1.72. The van der Waals surface area contributed by atoms with Crippen LogP contribution >= 0.6 is 11.3 Å². The molecule has 4 rings (SSSR count). The molecule has 2 aromatic heterocycles. The molecule has 0 N–H and O–H groups in total. The maximum absolute atomic E-state index is 5.21. The van der Waals surface area contributed by atoms with Crippen molar-refractivity contribution in [3.8, 4) is 17.0 Å². The van der Waals surface area contributed by atoms with Gasteiger partial charge in [-0.3, -0.25) is 4.90 Å². The lowest BCUT2D eigenvalue weighted by molar-refractivity contribution is 0.242. The van der Waals surface area contributed by atoms with E-state index in [4.69, 9.17) is 9.72 Å². The molecule has 0 bridgehead atoms. The summed E-state index contributed by atoms with van der Waals surface area (Å²) in [6.07, 6.45) is 2.95. The molecule has 0 saturated heterocycles. The van der Waals surface area contributed by atoms with Gasteiger partial charge in [0, 0.05) is 47.9 Å². The van der Waals surface area contributed by atoms with Crippen molar-refractivity contribution in [2.24, 2.45) is 0 Å². The van der Waals surface area contributed by atoms with E-state index in [0.717, 1.165) is 53.9 Å². The van der Waals surface area contributed by atoms with Gasteiger partial charge in [-0.25, -0.2) is 15.0 Å². The molecule has 5 nitrogen and oxygen atoms in total. The van der Waals surface area contributed by atoms with Gasteiger partial charge < -0.3 is 4.74 Å². The summed E-state index contributed by atoms with van der Waals surface area (Å²) in [7, 11) is 1.68. The van der Waals surface area contributed by atoms with Crippen LogP contribution in [-0.2, 0) is 19.5 Å². The van der Waals surface area contributed by atoms with Crippen molar-refractivity contribution in [3.05, 3.63) is 57.9 Å². The Labute approximate surface area is 151 Å². The Hall–Kier alpha value is -2.31. The van der Waals surface area contributed by atoms with E-state index in [1.807, 2.05) is 25.3 Å². The Balaban J connectivity index is 1.45. The standard InChI is InChI=1S/C19H20N4OS/c1-13-20-9-15-10-23(8-7-17(15)21-13)11-19-22-18(12-25-19)14-3-5-16(24-2)6-4-14/h3-6,9,12H,7-8,10-11H2,1-2H3. The van der Waals surface area contributed by atoms with Crippen LogP contribution in [0.1, 0.15) is 22.1 Å². The molecule has 0 unspecified atom stereocenters. The van der Waals surface area contributed by atoms with Crippen LogP contribution in [0.15, 0.2) is 35.8 Å². The minimum atomic E-state index is 0.858. The van der Waals surface area contributed by atoms with E-state index in [9.17, 15) is 0 Å². The third-order valence-electron chi connectivity index (χ3n) is 4.43.